The van der Waals surface area contributed by atoms with Gasteiger partial charge in [0, 0.05) is 50.7 Å². The van der Waals surface area contributed by atoms with Gasteiger partial charge in [-0.1, -0.05) is 6.07 Å². The number of esters is 1. The van der Waals surface area contributed by atoms with E-state index in [9.17, 15) is 22.8 Å². The largest absolute Gasteiger partial charge is 0.464 e. The molecule has 0 radical (unpaired) electrons. The molecule has 0 aliphatic carbocycles. The van der Waals surface area contributed by atoms with Crippen molar-refractivity contribution in [2.24, 2.45) is 5.92 Å². The molecule has 2 aromatic heterocycles. The van der Waals surface area contributed by atoms with E-state index in [2.05, 4.69) is 32.0 Å². The SMILES string of the molecule is CCOC(=O)C(CNC(=O)CCCCc1ccc2c(n1)NCCC2)NC(=O)C1CN(S(=O)(=O)c2cccnc2)C1. The number of nitrogens with one attached hydrogen (secondary N) is 3. The lowest BCUT2D eigenvalue weighted by Gasteiger charge is -2.37. The number of hydrogen-bond acceptors (Lipinski definition) is 9. The van der Waals surface area contributed by atoms with Crippen LogP contribution in [0.3, 0.4) is 0 Å². The summed E-state index contributed by atoms with van der Waals surface area (Å²) in [6, 6.07) is 6.04. The third-order valence-corrected chi connectivity index (χ3v) is 8.74. The van der Waals surface area contributed by atoms with Gasteiger partial charge < -0.3 is 20.7 Å². The minimum absolute atomic E-state index is 0.0138. The number of rotatable bonds is 13. The first-order valence-electron chi connectivity index (χ1n) is 13.6. The maximum absolute atomic E-state index is 12.8. The first kappa shape index (κ1) is 29.4. The number of amides is 2. The number of carbonyl (C=O) groups is 3. The van der Waals surface area contributed by atoms with E-state index in [0.29, 0.717) is 6.42 Å². The Morgan fingerprint density at radius 3 is 2.77 bits per heavy atom. The quantitative estimate of drug-likeness (QED) is 0.235. The number of aryl methyl sites for hydroxylation is 2. The van der Waals surface area contributed by atoms with Crippen LogP contribution in [0.25, 0.3) is 0 Å². The van der Waals surface area contributed by atoms with Crippen LogP contribution in [-0.4, -0.2) is 79.3 Å². The number of ether oxygens (including phenoxy) is 1. The Bertz CT molecular complexity index is 1300. The number of carbonyl (C=O) groups excluding carboxylic acids is 3. The van der Waals surface area contributed by atoms with Gasteiger partial charge in [-0.05, 0) is 62.8 Å². The average Bonchev–Trinajstić information content (AvgIpc) is 2.93. The summed E-state index contributed by atoms with van der Waals surface area (Å²) >= 11 is 0. The second-order valence-electron chi connectivity index (χ2n) is 9.87. The normalized spacial score (nSPS) is 16.1. The molecule has 2 aromatic rings. The lowest BCUT2D eigenvalue weighted by molar-refractivity contribution is -0.148. The Morgan fingerprint density at radius 2 is 2.02 bits per heavy atom. The van der Waals surface area contributed by atoms with Crippen molar-refractivity contribution in [1.82, 2.24) is 24.9 Å². The second-order valence-corrected chi connectivity index (χ2v) is 11.8. The summed E-state index contributed by atoms with van der Waals surface area (Å²) in [7, 11) is -3.74. The maximum atomic E-state index is 12.8. The van der Waals surface area contributed by atoms with Crippen molar-refractivity contribution in [3.8, 4) is 0 Å². The molecule has 3 N–H and O–H groups in total. The van der Waals surface area contributed by atoms with Crippen molar-refractivity contribution < 1.29 is 27.5 Å². The van der Waals surface area contributed by atoms with Crippen molar-refractivity contribution in [2.75, 3.05) is 38.1 Å². The predicted molar refractivity (Wildman–Crippen MR) is 147 cm³/mol. The van der Waals surface area contributed by atoms with Gasteiger partial charge in [0.15, 0.2) is 0 Å². The number of sulfonamides is 1. The number of hydrogen-bond donors (Lipinski definition) is 3. The first-order chi connectivity index (χ1) is 19.3. The van der Waals surface area contributed by atoms with E-state index in [4.69, 9.17) is 4.74 Å². The average molecular weight is 573 g/mol. The molecule has 2 aliphatic rings. The summed E-state index contributed by atoms with van der Waals surface area (Å²) < 4.78 is 31.5. The monoisotopic (exact) mass is 572 g/mol. The van der Waals surface area contributed by atoms with Crippen LogP contribution >= 0.6 is 0 Å². The summed E-state index contributed by atoms with van der Waals surface area (Å²) in [5.74, 6) is -1.04. The Morgan fingerprint density at radius 1 is 1.20 bits per heavy atom. The van der Waals surface area contributed by atoms with Crippen molar-refractivity contribution in [2.45, 2.75) is 56.4 Å². The van der Waals surface area contributed by atoms with E-state index in [0.717, 1.165) is 43.7 Å². The molecule has 40 heavy (non-hydrogen) atoms. The maximum Gasteiger partial charge on any atom is 0.330 e. The Labute approximate surface area is 234 Å². The van der Waals surface area contributed by atoms with Gasteiger partial charge in [-0.25, -0.2) is 18.2 Å². The van der Waals surface area contributed by atoms with Gasteiger partial charge in [-0.3, -0.25) is 14.6 Å². The van der Waals surface area contributed by atoms with Gasteiger partial charge in [-0.15, -0.1) is 0 Å². The van der Waals surface area contributed by atoms with Gasteiger partial charge in [0.25, 0.3) is 0 Å². The standard InChI is InChI=1S/C27H36N6O6S/c1-2-39-27(36)23(32-26(35)20-17-33(18-20)40(37,38)22-9-6-13-28-15-22)16-30-24(34)10-4-3-8-21-12-11-19-7-5-14-29-25(19)31-21/h6,9,11-13,15,20,23H,2-5,7-8,10,14,16-18H2,1H3,(H,29,31)(H,30,34)(H,32,35). The fraction of sp³-hybridized carbons (Fsp3) is 0.519. The molecule has 4 rings (SSSR count). The molecule has 1 unspecified atom stereocenters. The minimum Gasteiger partial charge on any atom is -0.464 e. The van der Waals surface area contributed by atoms with Crippen molar-refractivity contribution in [3.63, 3.8) is 0 Å². The van der Waals surface area contributed by atoms with Crippen LogP contribution in [0.2, 0.25) is 0 Å². The van der Waals surface area contributed by atoms with E-state index in [-0.39, 0.29) is 43.5 Å². The topological polar surface area (TPSA) is 160 Å². The summed E-state index contributed by atoms with van der Waals surface area (Å²) in [5.41, 5.74) is 2.23. The van der Waals surface area contributed by atoms with Gasteiger partial charge in [-0.2, -0.15) is 4.31 Å². The third kappa shape index (κ3) is 7.54. The molecule has 216 valence electrons. The molecule has 2 amide bonds. The lowest BCUT2D eigenvalue weighted by Crippen LogP contribution is -2.59. The third-order valence-electron chi connectivity index (χ3n) is 6.92. The fourth-order valence-electron chi connectivity index (χ4n) is 4.58. The summed E-state index contributed by atoms with van der Waals surface area (Å²) in [5, 5.41) is 8.64. The summed E-state index contributed by atoms with van der Waals surface area (Å²) in [6.07, 6.45) is 7.36. The fourth-order valence-corrected chi connectivity index (χ4v) is 6.07. The molecular formula is C27H36N6O6S. The number of fused-ring (bicyclic) bond motifs is 1. The molecule has 2 aliphatic heterocycles. The number of anilines is 1. The molecule has 1 atom stereocenters. The molecule has 1 saturated heterocycles. The first-order valence-corrected chi connectivity index (χ1v) is 15.1. The molecule has 13 heteroatoms. The highest BCUT2D eigenvalue weighted by Crippen LogP contribution is 2.25. The lowest BCUT2D eigenvalue weighted by atomic mass is 10.0. The summed E-state index contributed by atoms with van der Waals surface area (Å²) in [6.45, 7) is 2.55. The van der Waals surface area contributed by atoms with Crippen LogP contribution in [0.5, 0.6) is 0 Å². The van der Waals surface area contributed by atoms with E-state index >= 15 is 0 Å². The molecule has 1 fully saturated rings. The number of aromatic nitrogens is 2. The van der Waals surface area contributed by atoms with Crippen molar-refractivity contribution in [3.05, 3.63) is 47.9 Å². The zero-order valence-corrected chi connectivity index (χ0v) is 23.4. The molecular weight excluding hydrogens is 536 g/mol. The van der Waals surface area contributed by atoms with Crippen molar-refractivity contribution >= 4 is 33.6 Å². The Kier molecular flexibility index (Phi) is 10.0. The van der Waals surface area contributed by atoms with Crippen LogP contribution < -0.4 is 16.0 Å². The zero-order chi connectivity index (χ0) is 28.5. The number of nitrogens with zero attached hydrogens (tertiary/aromatic N) is 3. The van der Waals surface area contributed by atoms with Crippen LogP contribution in [0.4, 0.5) is 5.82 Å². The minimum atomic E-state index is -3.74. The van der Waals surface area contributed by atoms with Gasteiger partial charge in [0.1, 0.15) is 16.8 Å². The molecule has 12 nitrogen and oxygen atoms in total. The zero-order valence-electron chi connectivity index (χ0n) is 22.6. The number of pyridine rings is 2. The highest BCUT2D eigenvalue weighted by atomic mass is 32.2. The Balaban J connectivity index is 1.20. The second kappa shape index (κ2) is 13.7. The molecule has 4 heterocycles. The van der Waals surface area contributed by atoms with Crippen LogP contribution in [-0.2, 0) is 42.0 Å². The van der Waals surface area contributed by atoms with Crippen LogP contribution in [0.1, 0.15) is 43.9 Å². The molecule has 0 bridgehead atoms. The van der Waals surface area contributed by atoms with Gasteiger partial charge in [0.05, 0.1) is 12.5 Å². The molecule has 0 spiro atoms. The highest BCUT2D eigenvalue weighted by molar-refractivity contribution is 7.89. The van der Waals surface area contributed by atoms with Gasteiger partial charge in [0.2, 0.25) is 21.8 Å². The van der Waals surface area contributed by atoms with Crippen LogP contribution in [0.15, 0.2) is 41.6 Å². The van der Waals surface area contributed by atoms with Crippen molar-refractivity contribution in [1.29, 1.82) is 0 Å². The number of unbranched alkanes of at least 4 members (excludes halogenated alkanes) is 1. The van der Waals surface area contributed by atoms with E-state index in [1.54, 1.807) is 6.92 Å². The van der Waals surface area contributed by atoms with Gasteiger partial charge >= 0.3 is 5.97 Å². The van der Waals surface area contributed by atoms with Crippen LogP contribution in [0, 0.1) is 5.92 Å². The van der Waals surface area contributed by atoms with E-state index < -0.39 is 33.9 Å². The van der Waals surface area contributed by atoms with E-state index in [1.807, 2.05) is 6.07 Å². The Hall–Kier alpha value is -3.58. The van der Waals surface area contributed by atoms with E-state index in [1.165, 1.54) is 34.4 Å². The smallest absolute Gasteiger partial charge is 0.330 e. The molecule has 0 aromatic carbocycles. The highest BCUT2D eigenvalue weighted by Gasteiger charge is 2.41. The summed E-state index contributed by atoms with van der Waals surface area (Å²) in [4.78, 5) is 46.2. The molecule has 0 saturated carbocycles. The predicted octanol–water partition coefficient (Wildman–Crippen LogP) is 1.03.